The van der Waals surface area contributed by atoms with Gasteiger partial charge in [0.25, 0.3) is 0 Å². The van der Waals surface area contributed by atoms with Crippen LogP contribution < -0.4 is 19.5 Å². The molecule has 8 heteroatoms. The summed E-state index contributed by atoms with van der Waals surface area (Å²) in [4.78, 5) is 17.1. The number of anilines is 1. The maximum absolute atomic E-state index is 12.3. The first-order valence-electron chi connectivity index (χ1n) is 14.0. The summed E-state index contributed by atoms with van der Waals surface area (Å²) < 4.78 is 19.9. The molecule has 0 amide bonds. The van der Waals surface area contributed by atoms with Crippen molar-refractivity contribution in [1.29, 1.82) is 0 Å². The standard InChI is InChI=1S/C31H40N4O4/c1-20(36)15-22(23-17-26(31(2,3)4)29-27(18-23)37-13-14-39-29)16-25-19-28(35(5)34-25)38-12-10-24-9-8-21-7-6-11-32-30(21)33-24/h8-9,17-19,22H,6-7,10-16H2,1-5H3,(H,32,33). The number of nitrogens with zero attached hydrogens (tertiary/aromatic N) is 3. The lowest BCUT2D eigenvalue weighted by molar-refractivity contribution is -0.117. The normalized spacial score (nSPS) is 15.3. The molecule has 3 aromatic rings. The number of carbonyl (C=O) groups is 1. The van der Waals surface area contributed by atoms with Crippen molar-refractivity contribution in [1.82, 2.24) is 14.8 Å². The summed E-state index contributed by atoms with van der Waals surface area (Å²) in [7, 11) is 1.89. The van der Waals surface area contributed by atoms with Crippen molar-refractivity contribution in [3.8, 4) is 17.4 Å². The van der Waals surface area contributed by atoms with Gasteiger partial charge in [-0.25, -0.2) is 9.67 Å². The zero-order valence-electron chi connectivity index (χ0n) is 23.8. The van der Waals surface area contributed by atoms with Gasteiger partial charge in [0.2, 0.25) is 5.88 Å². The second kappa shape index (κ2) is 11.3. The number of rotatable bonds is 9. The Labute approximate surface area is 231 Å². The summed E-state index contributed by atoms with van der Waals surface area (Å²) in [5, 5.41) is 8.12. The van der Waals surface area contributed by atoms with E-state index in [2.05, 4.69) is 44.3 Å². The Bertz CT molecular complexity index is 1340. The number of pyridine rings is 1. The number of aromatic nitrogens is 3. The second-order valence-corrected chi connectivity index (χ2v) is 11.7. The Morgan fingerprint density at radius 1 is 1.15 bits per heavy atom. The highest BCUT2D eigenvalue weighted by atomic mass is 16.6. The fourth-order valence-corrected chi connectivity index (χ4v) is 5.38. The van der Waals surface area contributed by atoms with E-state index in [0.29, 0.717) is 38.5 Å². The summed E-state index contributed by atoms with van der Waals surface area (Å²) in [5.41, 5.74) is 5.23. The van der Waals surface area contributed by atoms with Gasteiger partial charge in [-0.1, -0.05) is 32.9 Å². The van der Waals surface area contributed by atoms with Crippen LogP contribution in [0.3, 0.4) is 0 Å². The van der Waals surface area contributed by atoms with Gasteiger partial charge in [-0.3, -0.25) is 0 Å². The summed E-state index contributed by atoms with van der Waals surface area (Å²) in [6, 6.07) is 10.5. The topological polar surface area (TPSA) is 87.5 Å². The summed E-state index contributed by atoms with van der Waals surface area (Å²) in [6.07, 6.45) is 4.00. The molecule has 2 aromatic heterocycles. The molecule has 0 saturated heterocycles. The minimum atomic E-state index is -0.128. The molecule has 1 N–H and O–H groups in total. The van der Waals surface area contributed by atoms with Gasteiger partial charge in [0.05, 0.1) is 12.3 Å². The van der Waals surface area contributed by atoms with Crippen molar-refractivity contribution in [2.75, 3.05) is 31.7 Å². The van der Waals surface area contributed by atoms with Crippen LogP contribution in [0.15, 0.2) is 30.3 Å². The molecule has 5 rings (SSSR count). The lowest BCUT2D eigenvalue weighted by atomic mass is 9.81. The number of nitrogens with one attached hydrogen (secondary N) is 1. The number of carbonyl (C=O) groups excluding carboxylic acids is 1. The number of fused-ring (bicyclic) bond motifs is 2. The van der Waals surface area contributed by atoms with E-state index in [0.717, 1.165) is 65.6 Å². The zero-order valence-corrected chi connectivity index (χ0v) is 23.8. The molecule has 8 nitrogen and oxygen atoms in total. The minimum Gasteiger partial charge on any atom is -0.486 e. The van der Waals surface area contributed by atoms with Gasteiger partial charge in [0.15, 0.2) is 11.5 Å². The fraction of sp³-hybridized carbons (Fsp3) is 0.516. The van der Waals surface area contributed by atoms with Crippen molar-refractivity contribution in [2.45, 2.75) is 71.1 Å². The van der Waals surface area contributed by atoms with Gasteiger partial charge in [-0.05, 0) is 60.8 Å². The molecule has 1 unspecified atom stereocenters. The third-order valence-electron chi connectivity index (χ3n) is 7.38. The average Bonchev–Trinajstić information content (AvgIpc) is 3.25. The molecule has 1 aromatic carbocycles. The van der Waals surface area contributed by atoms with Crippen LogP contribution in [0, 0.1) is 0 Å². The van der Waals surface area contributed by atoms with Crippen LogP contribution in [0.2, 0.25) is 0 Å². The zero-order chi connectivity index (χ0) is 27.6. The number of Topliss-reactive ketones (excluding diaryl/α,β-unsaturated/α-hetero) is 1. The van der Waals surface area contributed by atoms with Crippen LogP contribution in [-0.2, 0) is 36.5 Å². The summed E-state index contributed by atoms with van der Waals surface area (Å²) >= 11 is 0. The Morgan fingerprint density at radius 3 is 2.77 bits per heavy atom. The van der Waals surface area contributed by atoms with Gasteiger partial charge in [-0.15, -0.1) is 0 Å². The molecule has 0 fully saturated rings. The van der Waals surface area contributed by atoms with Crippen LogP contribution in [-0.4, -0.2) is 46.9 Å². The SMILES string of the molecule is CC(=O)CC(Cc1cc(OCCc2ccc3c(n2)NCCC3)n(C)n1)c1cc2c(c(C(C)(C)C)c1)OCCO2. The third kappa shape index (κ3) is 6.37. The predicted octanol–water partition coefficient (Wildman–Crippen LogP) is 5.17. The molecule has 0 aliphatic carbocycles. The minimum absolute atomic E-state index is 0.0330. The van der Waals surface area contributed by atoms with Gasteiger partial charge < -0.3 is 24.3 Å². The molecule has 2 aliphatic heterocycles. The molecule has 0 spiro atoms. The predicted molar refractivity (Wildman–Crippen MR) is 151 cm³/mol. The van der Waals surface area contributed by atoms with Crippen molar-refractivity contribution in [3.05, 3.63) is 58.4 Å². The lowest BCUT2D eigenvalue weighted by Crippen LogP contribution is -2.22. The Hall–Kier alpha value is -3.55. The van der Waals surface area contributed by atoms with Gasteiger partial charge >= 0.3 is 0 Å². The highest BCUT2D eigenvalue weighted by Crippen LogP contribution is 2.43. The first-order chi connectivity index (χ1) is 18.7. The Balaban J connectivity index is 1.31. The van der Waals surface area contributed by atoms with Gasteiger partial charge in [0.1, 0.15) is 24.8 Å². The highest BCUT2D eigenvalue weighted by molar-refractivity contribution is 5.76. The van der Waals surface area contributed by atoms with Crippen LogP contribution >= 0.6 is 0 Å². The van der Waals surface area contributed by atoms with Crippen LogP contribution in [0.4, 0.5) is 5.82 Å². The first-order valence-corrected chi connectivity index (χ1v) is 14.0. The number of hydrogen-bond donors (Lipinski definition) is 1. The first kappa shape index (κ1) is 27.0. The quantitative estimate of drug-likeness (QED) is 0.407. The van der Waals surface area contributed by atoms with Crippen LogP contribution in [0.1, 0.15) is 74.5 Å². The molecule has 2 aliphatic rings. The molecule has 1 atom stereocenters. The van der Waals surface area contributed by atoms with Crippen molar-refractivity contribution < 1.29 is 19.0 Å². The van der Waals surface area contributed by atoms with E-state index in [1.165, 1.54) is 5.56 Å². The number of hydrogen-bond acceptors (Lipinski definition) is 7. The maximum Gasteiger partial charge on any atom is 0.211 e. The number of ether oxygens (including phenoxy) is 3. The van der Waals surface area contributed by atoms with Gasteiger partial charge in [0, 0.05) is 43.8 Å². The lowest BCUT2D eigenvalue weighted by Gasteiger charge is -2.29. The molecule has 39 heavy (non-hydrogen) atoms. The van der Waals surface area contributed by atoms with E-state index in [4.69, 9.17) is 24.3 Å². The fourth-order valence-electron chi connectivity index (χ4n) is 5.38. The van der Waals surface area contributed by atoms with Crippen LogP contribution in [0.5, 0.6) is 17.4 Å². The van der Waals surface area contributed by atoms with E-state index >= 15 is 0 Å². The molecule has 0 radical (unpaired) electrons. The molecule has 0 bridgehead atoms. The van der Waals surface area contributed by atoms with E-state index in [9.17, 15) is 4.79 Å². The highest BCUT2D eigenvalue weighted by Gasteiger charge is 2.28. The molecule has 4 heterocycles. The van der Waals surface area contributed by atoms with Gasteiger partial charge in [-0.2, -0.15) is 5.10 Å². The summed E-state index contributed by atoms with van der Waals surface area (Å²) in [5.74, 6) is 3.40. The third-order valence-corrected chi connectivity index (χ3v) is 7.38. The van der Waals surface area contributed by atoms with E-state index in [-0.39, 0.29) is 17.1 Å². The van der Waals surface area contributed by atoms with E-state index in [1.54, 1.807) is 11.6 Å². The summed E-state index contributed by atoms with van der Waals surface area (Å²) in [6.45, 7) is 10.7. The molecule has 0 saturated carbocycles. The van der Waals surface area contributed by atoms with E-state index < -0.39 is 0 Å². The average molecular weight is 533 g/mol. The van der Waals surface area contributed by atoms with Crippen molar-refractivity contribution >= 4 is 11.6 Å². The Morgan fingerprint density at radius 2 is 1.97 bits per heavy atom. The number of ketones is 1. The van der Waals surface area contributed by atoms with Crippen molar-refractivity contribution in [3.63, 3.8) is 0 Å². The number of benzene rings is 1. The number of aryl methyl sites for hydroxylation is 2. The van der Waals surface area contributed by atoms with Crippen molar-refractivity contribution in [2.24, 2.45) is 7.05 Å². The largest absolute Gasteiger partial charge is 0.486 e. The smallest absolute Gasteiger partial charge is 0.211 e. The monoisotopic (exact) mass is 532 g/mol. The Kier molecular flexibility index (Phi) is 7.82. The molecular formula is C31H40N4O4. The molecular weight excluding hydrogens is 492 g/mol. The maximum atomic E-state index is 12.3. The van der Waals surface area contributed by atoms with Crippen LogP contribution in [0.25, 0.3) is 0 Å². The van der Waals surface area contributed by atoms with E-state index in [1.807, 2.05) is 19.2 Å². The molecule has 208 valence electrons. The second-order valence-electron chi connectivity index (χ2n) is 11.7.